The van der Waals surface area contributed by atoms with Crippen molar-refractivity contribution in [2.45, 2.75) is 406 Å². The van der Waals surface area contributed by atoms with E-state index >= 15 is 0 Å². The highest BCUT2D eigenvalue weighted by molar-refractivity contribution is 5.71. The number of rotatable bonds is 68. The van der Waals surface area contributed by atoms with Gasteiger partial charge in [0.1, 0.15) is 13.2 Å². The van der Waals surface area contributed by atoms with Crippen LogP contribution in [0.1, 0.15) is 400 Å². The molecule has 0 aliphatic rings. The molecular formula is C76H140O6. The van der Waals surface area contributed by atoms with Crippen LogP contribution in [0.25, 0.3) is 0 Å². The summed E-state index contributed by atoms with van der Waals surface area (Å²) in [4.78, 5) is 38.5. The van der Waals surface area contributed by atoms with Gasteiger partial charge in [0.25, 0.3) is 0 Å². The Morgan fingerprint density at radius 3 is 0.683 bits per heavy atom. The van der Waals surface area contributed by atoms with Crippen LogP contribution in [0, 0.1) is 0 Å². The number of allylic oxidation sites excluding steroid dienone is 8. The minimum absolute atomic E-state index is 0.0714. The molecule has 0 aromatic heterocycles. The number of carbonyl (C=O) groups is 3. The van der Waals surface area contributed by atoms with Crippen LogP contribution < -0.4 is 0 Å². The van der Waals surface area contributed by atoms with Gasteiger partial charge >= 0.3 is 17.9 Å². The normalized spacial score (nSPS) is 12.3. The van der Waals surface area contributed by atoms with Gasteiger partial charge in [-0.3, -0.25) is 14.4 Å². The van der Waals surface area contributed by atoms with E-state index < -0.39 is 6.10 Å². The van der Waals surface area contributed by atoms with Gasteiger partial charge in [0, 0.05) is 19.3 Å². The molecule has 0 radical (unpaired) electrons. The SMILES string of the molecule is CCCCCC/C=C\C/C=C\CCCCCCCCCC(=O)OCC(COC(=O)CCCCCCCCCCCCCCC/C=C\C/C=C\CCCCCCC)OC(=O)CCCCCCCCCCCCCCCCCCCCCCC. The van der Waals surface area contributed by atoms with E-state index in [1.165, 1.54) is 283 Å². The summed E-state index contributed by atoms with van der Waals surface area (Å²) in [6.45, 7) is 6.69. The molecule has 0 amide bonds. The Morgan fingerprint density at radius 2 is 0.439 bits per heavy atom. The summed E-state index contributed by atoms with van der Waals surface area (Å²) in [5.41, 5.74) is 0. The Hall–Kier alpha value is -2.63. The molecule has 1 atom stereocenters. The van der Waals surface area contributed by atoms with Crippen LogP contribution in [0.3, 0.4) is 0 Å². The third-order valence-corrected chi connectivity index (χ3v) is 16.6. The smallest absolute Gasteiger partial charge is 0.306 e. The van der Waals surface area contributed by atoms with Crippen molar-refractivity contribution in [1.82, 2.24) is 0 Å². The highest BCUT2D eigenvalue weighted by atomic mass is 16.6. The molecule has 82 heavy (non-hydrogen) atoms. The van der Waals surface area contributed by atoms with E-state index in [9.17, 15) is 14.4 Å². The topological polar surface area (TPSA) is 78.9 Å². The Labute approximate surface area is 511 Å². The predicted molar refractivity (Wildman–Crippen MR) is 358 cm³/mol. The van der Waals surface area contributed by atoms with Crippen molar-refractivity contribution in [2.24, 2.45) is 0 Å². The maximum absolute atomic E-state index is 13.0. The molecule has 0 aromatic carbocycles. The quantitative estimate of drug-likeness (QED) is 0.0261. The lowest BCUT2D eigenvalue weighted by atomic mass is 10.0. The van der Waals surface area contributed by atoms with Crippen molar-refractivity contribution < 1.29 is 28.6 Å². The number of hydrogen-bond acceptors (Lipinski definition) is 6. The minimum Gasteiger partial charge on any atom is -0.462 e. The minimum atomic E-state index is -0.776. The molecule has 6 nitrogen and oxygen atoms in total. The molecule has 0 spiro atoms. The average Bonchev–Trinajstić information content (AvgIpc) is 3.47. The molecule has 0 saturated heterocycles. The van der Waals surface area contributed by atoms with Crippen LogP contribution >= 0.6 is 0 Å². The number of unbranched alkanes of at least 4 members (excludes halogenated alkanes) is 49. The molecular weight excluding hydrogens is 1010 g/mol. The molecule has 0 heterocycles. The Kier molecular flexibility index (Phi) is 68.6. The number of hydrogen-bond donors (Lipinski definition) is 0. The first-order valence-electron chi connectivity index (χ1n) is 36.6. The van der Waals surface area contributed by atoms with E-state index in [0.29, 0.717) is 19.3 Å². The van der Waals surface area contributed by atoms with Gasteiger partial charge in [-0.15, -0.1) is 0 Å². The highest BCUT2D eigenvalue weighted by Crippen LogP contribution is 2.18. The number of ether oxygens (including phenoxy) is 3. The van der Waals surface area contributed by atoms with Crippen LogP contribution in [-0.4, -0.2) is 37.2 Å². The van der Waals surface area contributed by atoms with Gasteiger partial charge in [-0.05, 0) is 83.5 Å². The van der Waals surface area contributed by atoms with Gasteiger partial charge in [0.2, 0.25) is 0 Å². The summed E-state index contributed by atoms with van der Waals surface area (Å²) in [7, 11) is 0. The molecule has 0 N–H and O–H groups in total. The highest BCUT2D eigenvalue weighted by Gasteiger charge is 2.19. The van der Waals surface area contributed by atoms with Gasteiger partial charge < -0.3 is 14.2 Å². The fourth-order valence-electron chi connectivity index (χ4n) is 11.0. The summed E-state index contributed by atoms with van der Waals surface area (Å²) >= 11 is 0. The molecule has 1 unspecified atom stereocenters. The lowest BCUT2D eigenvalue weighted by Crippen LogP contribution is -2.30. The Balaban J connectivity index is 4.31. The van der Waals surface area contributed by atoms with Gasteiger partial charge in [-0.2, -0.15) is 0 Å². The molecule has 0 aliphatic heterocycles. The van der Waals surface area contributed by atoms with Gasteiger partial charge in [0.05, 0.1) is 0 Å². The van der Waals surface area contributed by atoms with Crippen LogP contribution in [0.5, 0.6) is 0 Å². The molecule has 480 valence electrons. The van der Waals surface area contributed by atoms with E-state index in [1.807, 2.05) is 0 Å². The lowest BCUT2D eigenvalue weighted by molar-refractivity contribution is -0.167. The third-order valence-electron chi connectivity index (χ3n) is 16.6. The molecule has 0 aromatic rings. The summed E-state index contributed by atoms with van der Waals surface area (Å²) in [5, 5.41) is 0. The van der Waals surface area contributed by atoms with Gasteiger partial charge in [0.15, 0.2) is 6.10 Å². The van der Waals surface area contributed by atoms with Crippen molar-refractivity contribution in [3.63, 3.8) is 0 Å². The second kappa shape index (κ2) is 70.9. The lowest BCUT2D eigenvalue weighted by Gasteiger charge is -2.18. The second-order valence-corrected chi connectivity index (χ2v) is 24.9. The zero-order chi connectivity index (χ0) is 59.2. The van der Waals surface area contributed by atoms with Crippen molar-refractivity contribution in [3.05, 3.63) is 48.6 Å². The third kappa shape index (κ3) is 68.2. The molecule has 6 heteroatoms. The van der Waals surface area contributed by atoms with Crippen molar-refractivity contribution in [3.8, 4) is 0 Å². The summed E-state index contributed by atoms with van der Waals surface area (Å²) in [5.74, 6) is -0.850. The van der Waals surface area contributed by atoms with E-state index in [1.54, 1.807) is 0 Å². The fourth-order valence-corrected chi connectivity index (χ4v) is 11.0. The zero-order valence-electron chi connectivity index (χ0n) is 55.3. The summed E-state index contributed by atoms with van der Waals surface area (Å²) in [6.07, 6.45) is 89.9. The first-order chi connectivity index (χ1) is 40.5. The maximum atomic E-state index is 13.0. The van der Waals surface area contributed by atoms with E-state index in [2.05, 4.69) is 69.4 Å². The zero-order valence-corrected chi connectivity index (χ0v) is 55.3. The molecule has 0 aliphatic carbocycles. The van der Waals surface area contributed by atoms with Gasteiger partial charge in [-0.25, -0.2) is 0 Å². The largest absolute Gasteiger partial charge is 0.462 e. The predicted octanol–water partition coefficient (Wildman–Crippen LogP) is 25.3. The Bertz CT molecular complexity index is 1410. The van der Waals surface area contributed by atoms with Crippen molar-refractivity contribution in [2.75, 3.05) is 13.2 Å². The van der Waals surface area contributed by atoms with Crippen LogP contribution in [0.4, 0.5) is 0 Å². The molecule has 0 rings (SSSR count). The standard InChI is InChI=1S/C76H140O6/c1-4-7-10-13-16-19-22-25-28-31-34-36-37-38-39-41-42-45-48-51-54-57-60-63-66-69-75(78)81-72-73(71-80-74(77)68-65-62-59-56-53-50-47-44-33-30-27-24-21-18-15-12-9-6-3)82-76(79)70-67-64-61-58-55-52-49-46-43-40-35-32-29-26-23-20-17-14-11-8-5-2/h21-22,24-25,30-31,33-34,73H,4-20,23,26-29,32,35-72H2,1-3H3/b24-21-,25-22-,33-30-,34-31-. The van der Waals surface area contributed by atoms with Gasteiger partial charge in [-0.1, -0.05) is 345 Å². The van der Waals surface area contributed by atoms with Crippen LogP contribution in [-0.2, 0) is 28.6 Å². The number of carbonyl (C=O) groups excluding carboxylic acids is 3. The first kappa shape index (κ1) is 79.4. The summed E-state index contributed by atoms with van der Waals surface area (Å²) < 4.78 is 17.0. The maximum Gasteiger partial charge on any atom is 0.306 e. The van der Waals surface area contributed by atoms with Crippen LogP contribution in [0.15, 0.2) is 48.6 Å². The van der Waals surface area contributed by atoms with Crippen molar-refractivity contribution in [1.29, 1.82) is 0 Å². The van der Waals surface area contributed by atoms with E-state index in [0.717, 1.165) is 77.0 Å². The Morgan fingerprint density at radius 1 is 0.244 bits per heavy atom. The van der Waals surface area contributed by atoms with Crippen LogP contribution in [0.2, 0.25) is 0 Å². The molecule has 0 fully saturated rings. The van der Waals surface area contributed by atoms with E-state index in [-0.39, 0.29) is 31.1 Å². The molecule has 0 bridgehead atoms. The van der Waals surface area contributed by atoms with E-state index in [4.69, 9.17) is 14.2 Å². The monoisotopic (exact) mass is 1150 g/mol. The fraction of sp³-hybridized carbons (Fsp3) is 0.855. The first-order valence-corrected chi connectivity index (χ1v) is 36.6. The van der Waals surface area contributed by atoms with Crippen molar-refractivity contribution >= 4 is 17.9 Å². The average molecular weight is 1150 g/mol. The number of esters is 3. The second-order valence-electron chi connectivity index (χ2n) is 24.9. The molecule has 0 saturated carbocycles. The summed E-state index contributed by atoms with van der Waals surface area (Å²) in [6, 6.07) is 0.